The largest absolute Gasteiger partial charge is 0.507 e. The van der Waals surface area contributed by atoms with Gasteiger partial charge in [0.15, 0.2) is 5.75 Å². The Hall–Kier alpha value is -3.95. The number of hydrazine groups is 1. The van der Waals surface area contributed by atoms with Gasteiger partial charge in [-0.1, -0.05) is 42.5 Å². The molecule has 4 aromatic carbocycles. The van der Waals surface area contributed by atoms with Crippen molar-refractivity contribution in [2.24, 2.45) is 0 Å². The summed E-state index contributed by atoms with van der Waals surface area (Å²) in [7, 11) is -4.67. The van der Waals surface area contributed by atoms with Gasteiger partial charge >= 0.3 is 0 Å². The van der Waals surface area contributed by atoms with Gasteiger partial charge in [-0.2, -0.15) is 8.42 Å². The average molecular weight is 437 g/mol. The summed E-state index contributed by atoms with van der Waals surface area (Å²) in [6.07, 6.45) is 0. The molecule has 0 radical (unpaired) electrons. The molecule has 0 aliphatic carbocycles. The maximum atomic E-state index is 11.7. The van der Waals surface area contributed by atoms with Gasteiger partial charge in [-0.3, -0.25) is 15.0 Å². The first-order valence-electron chi connectivity index (χ1n) is 9.19. The lowest BCUT2D eigenvalue weighted by molar-refractivity contribution is 0.444. The number of hydrogen-bond donors (Lipinski definition) is 5. The minimum Gasteiger partial charge on any atom is -0.507 e. The standard InChI is InChI=1S/C22H19N3O5S/c23-16-8-3-4-9-17(16)24-25(19-10-5-11-21(22(19)27)31(28,29)30)18-12-13-20(26)15-7-2-1-6-14(15)18/h1-13,24,26-27H,23H2,(H,28,29,30). The molecule has 0 heterocycles. The molecular weight excluding hydrogens is 418 g/mol. The van der Waals surface area contributed by atoms with Crippen LogP contribution in [0.4, 0.5) is 22.7 Å². The molecule has 31 heavy (non-hydrogen) atoms. The van der Waals surface area contributed by atoms with Crippen molar-refractivity contribution in [3.05, 3.63) is 78.9 Å². The highest BCUT2D eigenvalue weighted by Gasteiger charge is 2.24. The van der Waals surface area contributed by atoms with Crippen LogP contribution in [0.2, 0.25) is 0 Å². The Labute approximate surface area is 178 Å². The fourth-order valence-electron chi connectivity index (χ4n) is 3.33. The molecule has 4 rings (SSSR count). The van der Waals surface area contributed by atoms with E-state index in [-0.39, 0.29) is 11.4 Å². The molecule has 6 N–H and O–H groups in total. The van der Waals surface area contributed by atoms with Gasteiger partial charge in [-0.25, -0.2) is 0 Å². The Kier molecular flexibility index (Phi) is 5.05. The molecule has 0 saturated carbocycles. The molecule has 0 aliphatic heterocycles. The number of nitrogens with zero attached hydrogens (tertiary/aromatic N) is 1. The number of phenols is 2. The van der Waals surface area contributed by atoms with Crippen LogP contribution in [0.25, 0.3) is 10.8 Å². The zero-order valence-electron chi connectivity index (χ0n) is 16.1. The SMILES string of the molecule is Nc1ccccc1NN(c1cccc(S(=O)(=O)O)c1O)c1ccc(O)c2ccccc12. The molecule has 0 spiro atoms. The van der Waals surface area contributed by atoms with Gasteiger partial charge in [-0.15, -0.1) is 0 Å². The number of rotatable bonds is 5. The van der Waals surface area contributed by atoms with E-state index < -0.39 is 20.8 Å². The fourth-order valence-corrected chi connectivity index (χ4v) is 3.93. The summed E-state index contributed by atoms with van der Waals surface area (Å²) in [5.74, 6) is -0.585. The molecule has 8 nitrogen and oxygen atoms in total. The molecule has 0 bridgehead atoms. The fraction of sp³-hybridized carbons (Fsp3) is 0. The lowest BCUT2D eigenvalue weighted by Gasteiger charge is -2.29. The van der Waals surface area contributed by atoms with Crippen molar-refractivity contribution in [2.75, 3.05) is 16.2 Å². The highest BCUT2D eigenvalue weighted by Crippen LogP contribution is 2.42. The Morgan fingerprint density at radius 2 is 1.45 bits per heavy atom. The summed E-state index contributed by atoms with van der Waals surface area (Å²) in [6.45, 7) is 0. The van der Waals surface area contributed by atoms with E-state index in [4.69, 9.17) is 5.73 Å². The van der Waals surface area contributed by atoms with Gasteiger partial charge in [0.1, 0.15) is 16.3 Å². The Balaban J connectivity index is 1.99. The Bertz CT molecular complexity index is 1390. The molecule has 0 saturated heterocycles. The van der Waals surface area contributed by atoms with E-state index in [0.29, 0.717) is 27.8 Å². The number of phenolic OH excluding ortho intramolecular Hbond substituents is 2. The molecule has 0 unspecified atom stereocenters. The van der Waals surface area contributed by atoms with E-state index in [0.717, 1.165) is 6.07 Å². The highest BCUT2D eigenvalue weighted by atomic mass is 32.2. The maximum absolute atomic E-state index is 11.7. The molecule has 9 heteroatoms. The predicted molar refractivity (Wildman–Crippen MR) is 120 cm³/mol. The first-order chi connectivity index (χ1) is 14.8. The quantitative estimate of drug-likeness (QED) is 0.178. The molecule has 0 amide bonds. The molecule has 4 aromatic rings. The average Bonchev–Trinajstić information content (AvgIpc) is 2.74. The number of nitrogen functional groups attached to an aromatic ring is 1. The van der Waals surface area contributed by atoms with Crippen LogP contribution in [0.15, 0.2) is 83.8 Å². The lowest BCUT2D eigenvalue weighted by Crippen LogP contribution is -2.25. The Morgan fingerprint density at radius 1 is 0.774 bits per heavy atom. The van der Waals surface area contributed by atoms with Crippen LogP contribution in [0.3, 0.4) is 0 Å². The van der Waals surface area contributed by atoms with Crippen LogP contribution in [0.5, 0.6) is 11.5 Å². The van der Waals surface area contributed by atoms with Gasteiger partial charge in [0.2, 0.25) is 0 Å². The van der Waals surface area contributed by atoms with Gasteiger partial charge in [0, 0.05) is 10.8 Å². The van der Waals surface area contributed by atoms with Crippen LogP contribution < -0.4 is 16.2 Å². The van der Waals surface area contributed by atoms with Crippen LogP contribution >= 0.6 is 0 Å². The number of nitrogens with two attached hydrogens (primary N) is 1. The molecular formula is C22H19N3O5S. The lowest BCUT2D eigenvalue weighted by atomic mass is 10.1. The number of hydrogen-bond acceptors (Lipinski definition) is 7. The van der Waals surface area contributed by atoms with E-state index in [9.17, 15) is 23.2 Å². The smallest absolute Gasteiger partial charge is 0.298 e. The minimum absolute atomic E-state index is 0.0502. The summed E-state index contributed by atoms with van der Waals surface area (Å²) in [6, 6.07) is 21.1. The minimum atomic E-state index is -4.67. The van der Waals surface area contributed by atoms with Crippen molar-refractivity contribution in [3.63, 3.8) is 0 Å². The van der Waals surface area contributed by atoms with Crippen LogP contribution in [0.1, 0.15) is 0 Å². The van der Waals surface area contributed by atoms with E-state index in [1.165, 1.54) is 23.2 Å². The first kappa shape index (κ1) is 20.3. The van der Waals surface area contributed by atoms with Crippen molar-refractivity contribution in [1.29, 1.82) is 0 Å². The second-order valence-electron chi connectivity index (χ2n) is 6.78. The summed E-state index contributed by atoms with van der Waals surface area (Å²) in [5, 5.41) is 23.6. The third-order valence-electron chi connectivity index (χ3n) is 4.81. The zero-order valence-corrected chi connectivity index (χ0v) is 16.9. The second-order valence-corrected chi connectivity index (χ2v) is 8.17. The topological polar surface area (TPSA) is 136 Å². The molecule has 158 valence electrons. The third-order valence-corrected chi connectivity index (χ3v) is 5.69. The summed E-state index contributed by atoms with van der Waals surface area (Å²) >= 11 is 0. The van der Waals surface area contributed by atoms with Crippen LogP contribution in [0, 0.1) is 0 Å². The van der Waals surface area contributed by atoms with E-state index in [2.05, 4.69) is 5.43 Å². The highest BCUT2D eigenvalue weighted by molar-refractivity contribution is 7.86. The van der Waals surface area contributed by atoms with Gasteiger partial charge in [0.25, 0.3) is 10.1 Å². The number of benzene rings is 4. The Morgan fingerprint density at radius 3 is 2.16 bits per heavy atom. The van der Waals surface area contributed by atoms with Crippen LogP contribution in [-0.4, -0.2) is 23.2 Å². The van der Waals surface area contributed by atoms with Gasteiger partial charge < -0.3 is 15.9 Å². The number of fused-ring (bicyclic) bond motifs is 1. The second kappa shape index (κ2) is 7.71. The maximum Gasteiger partial charge on any atom is 0.298 e. The molecule has 0 aliphatic rings. The van der Waals surface area contributed by atoms with Crippen molar-refractivity contribution in [1.82, 2.24) is 0 Å². The zero-order chi connectivity index (χ0) is 22.2. The molecule has 0 fully saturated rings. The molecule has 0 aromatic heterocycles. The number of aromatic hydroxyl groups is 2. The van der Waals surface area contributed by atoms with Crippen LogP contribution in [-0.2, 0) is 10.1 Å². The van der Waals surface area contributed by atoms with Crippen molar-refractivity contribution in [3.8, 4) is 11.5 Å². The van der Waals surface area contributed by atoms with Crippen molar-refractivity contribution in [2.45, 2.75) is 4.90 Å². The number of para-hydroxylation sites is 3. The molecule has 0 atom stereocenters. The summed E-state index contributed by atoms with van der Waals surface area (Å²) in [5.41, 5.74) is 10.6. The summed E-state index contributed by atoms with van der Waals surface area (Å²) < 4.78 is 33.0. The first-order valence-corrected chi connectivity index (χ1v) is 10.6. The van der Waals surface area contributed by atoms with Crippen molar-refractivity contribution < 1.29 is 23.2 Å². The third kappa shape index (κ3) is 3.79. The number of nitrogens with one attached hydrogen (secondary N) is 1. The van der Waals surface area contributed by atoms with Crippen molar-refractivity contribution >= 4 is 43.6 Å². The van der Waals surface area contributed by atoms with E-state index >= 15 is 0 Å². The predicted octanol–water partition coefficient (Wildman–Crippen LogP) is 4.25. The van der Waals surface area contributed by atoms with Gasteiger partial charge in [-0.05, 0) is 36.4 Å². The number of anilines is 4. The van der Waals surface area contributed by atoms with E-state index in [1.54, 1.807) is 54.6 Å². The van der Waals surface area contributed by atoms with E-state index in [1.807, 2.05) is 0 Å². The monoisotopic (exact) mass is 437 g/mol. The van der Waals surface area contributed by atoms with Gasteiger partial charge in [0.05, 0.1) is 17.1 Å². The summed E-state index contributed by atoms with van der Waals surface area (Å²) in [4.78, 5) is -0.638. The normalized spacial score (nSPS) is 11.4.